The second kappa shape index (κ2) is 9.22. The summed E-state index contributed by atoms with van der Waals surface area (Å²) >= 11 is 0. The minimum Gasteiger partial charge on any atom is -0.489 e. The molecule has 8 nitrogen and oxygen atoms in total. The number of fused-ring (bicyclic) bond motifs is 1. The summed E-state index contributed by atoms with van der Waals surface area (Å²) in [6.45, 7) is 0.436. The van der Waals surface area contributed by atoms with Gasteiger partial charge in [-0.05, 0) is 48.0 Å². The minimum absolute atomic E-state index is 0.0256. The molecule has 1 atom stereocenters. The van der Waals surface area contributed by atoms with Crippen molar-refractivity contribution in [3.05, 3.63) is 83.9 Å². The summed E-state index contributed by atoms with van der Waals surface area (Å²) in [5.74, 6) is -1.13. The van der Waals surface area contributed by atoms with Crippen LogP contribution in [-0.4, -0.2) is 29.0 Å². The highest BCUT2D eigenvalue weighted by Crippen LogP contribution is 2.31. The van der Waals surface area contributed by atoms with Gasteiger partial charge in [-0.1, -0.05) is 30.3 Å². The summed E-state index contributed by atoms with van der Waals surface area (Å²) in [7, 11) is 0. The van der Waals surface area contributed by atoms with Crippen LogP contribution in [0.25, 0.3) is 0 Å². The number of aromatic carboxylic acids is 1. The first-order chi connectivity index (χ1) is 15.5. The number of ether oxygens (including phenoxy) is 2. The molecule has 2 amide bonds. The number of nitrogens with one attached hydrogen (secondary N) is 2. The third-order valence-electron chi connectivity index (χ3n) is 4.81. The Morgan fingerprint density at radius 1 is 1.03 bits per heavy atom. The third-order valence-corrected chi connectivity index (χ3v) is 4.81. The van der Waals surface area contributed by atoms with E-state index >= 15 is 0 Å². The van der Waals surface area contributed by atoms with Gasteiger partial charge in [-0.2, -0.15) is 0 Å². The van der Waals surface area contributed by atoms with Crippen LogP contribution in [0.3, 0.4) is 0 Å². The number of rotatable bonds is 7. The highest BCUT2D eigenvalue weighted by Gasteiger charge is 2.30. The smallest absolute Gasteiger partial charge is 0.335 e. The Labute approximate surface area is 183 Å². The van der Waals surface area contributed by atoms with Crippen LogP contribution in [0.4, 0.5) is 11.4 Å². The van der Waals surface area contributed by atoms with Gasteiger partial charge in [0.25, 0.3) is 5.91 Å². The molecule has 3 N–H and O–H groups in total. The maximum Gasteiger partial charge on any atom is 0.335 e. The SMILES string of the molecule is O=C(CC1Oc2cc(C(=O)O)ccc2NC1=O)Nc1ccc(OCc2ccccc2)cc1. The van der Waals surface area contributed by atoms with Crippen molar-refractivity contribution in [3.8, 4) is 11.5 Å². The fourth-order valence-corrected chi connectivity index (χ4v) is 3.17. The molecule has 0 aliphatic carbocycles. The Morgan fingerprint density at radius 3 is 2.50 bits per heavy atom. The Hall–Kier alpha value is -4.33. The van der Waals surface area contributed by atoms with Gasteiger partial charge in [0.15, 0.2) is 6.10 Å². The minimum atomic E-state index is -1.11. The van der Waals surface area contributed by atoms with Gasteiger partial charge in [-0.25, -0.2) is 4.79 Å². The number of carbonyl (C=O) groups excluding carboxylic acids is 2. The number of carbonyl (C=O) groups is 3. The van der Waals surface area contributed by atoms with Gasteiger partial charge in [-0.3, -0.25) is 9.59 Å². The molecule has 0 fully saturated rings. The van der Waals surface area contributed by atoms with Crippen LogP contribution in [0.1, 0.15) is 22.3 Å². The number of benzene rings is 3. The lowest BCUT2D eigenvalue weighted by Gasteiger charge is -2.25. The predicted molar refractivity (Wildman–Crippen MR) is 117 cm³/mol. The summed E-state index contributed by atoms with van der Waals surface area (Å²) in [5, 5.41) is 14.5. The molecule has 0 saturated heterocycles. The first kappa shape index (κ1) is 20.9. The van der Waals surface area contributed by atoms with E-state index in [1.807, 2.05) is 30.3 Å². The third kappa shape index (κ3) is 5.04. The van der Waals surface area contributed by atoms with E-state index < -0.39 is 23.9 Å². The number of anilines is 2. The van der Waals surface area contributed by atoms with Crippen molar-refractivity contribution in [1.82, 2.24) is 0 Å². The van der Waals surface area contributed by atoms with E-state index in [0.717, 1.165) is 5.56 Å². The standard InChI is InChI=1S/C24H20N2O6/c27-22(13-21-23(28)26-19-11-6-16(24(29)30)12-20(19)32-21)25-17-7-9-18(10-8-17)31-14-15-4-2-1-3-5-15/h1-12,21H,13-14H2,(H,25,27)(H,26,28)(H,29,30). The van der Waals surface area contributed by atoms with E-state index in [4.69, 9.17) is 14.6 Å². The molecule has 3 aromatic carbocycles. The van der Waals surface area contributed by atoms with Crippen LogP contribution in [-0.2, 0) is 16.2 Å². The number of carboxylic acid groups (broad SMARTS) is 1. The maximum atomic E-state index is 12.4. The Kier molecular flexibility index (Phi) is 6.03. The van der Waals surface area contributed by atoms with Crippen molar-refractivity contribution in [2.24, 2.45) is 0 Å². The highest BCUT2D eigenvalue weighted by atomic mass is 16.5. The van der Waals surface area contributed by atoms with E-state index in [9.17, 15) is 14.4 Å². The van der Waals surface area contributed by atoms with Gasteiger partial charge in [-0.15, -0.1) is 0 Å². The molecule has 162 valence electrons. The molecule has 0 radical (unpaired) electrons. The topological polar surface area (TPSA) is 114 Å². The molecule has 0 bridgehead atoms. The zero-order valence-corrected chi connectivity index (χ0v) is 16.9. The van der Waals surface area contributed by atoms with Crippen LogP contribution in [0.15, 0.2) is 72.8 Å². The largest absolute Gasteiger partial charge is 0.489 e. The molecular weight excluding hydrogens is 412 g/mol. The number of hydrogen-bond acceptors (Lipinski definition) is 5. The van der Waals surface area contributed by atoms with Crippen molar-refractivity contribution >= 4 is 29.2 Å². The molecular formula is C24H20N2O6. The first-order valence-corrected chi connectivity index (χ1v) is 9.89. The Bertz CT molecular complexity index is 1140. The molecule has 4 rings (SSSR count). The summed E-state index contributed by atoms with van der Waals surface area (Å²) in [5.41, 5.74) is 1.99. The second-order valence-corrected chi connectivity index (χ2v) is 7.16. The van der Waals surface area contributed by atoms with Crippen molar-refractivity contribution in [2.45, 2.75) is 19.1 Å². The molecule has 1 heterocycles. The molecule has 1 aliphatic heterocycles. The Morgan fingerprint density at radius 2 is 1.78 bits per heavy atom. The average molecular weight is 432 g/mol. The summed E-state index contributed by atoms with van der Waals surface area (Å²) in [6.07, 6.45) is -1.30. The molecule has 1 unspecified atom stereocenters. The Balaban J connectivity index is 1.33. The summed E-state index contributed by atoms with van der Waals surface area (Å²) in [4.78, 5) is 35.8. The van der Waals surface area contributed by atoms with Crippen molar-refractivity contribution < 1.29 is 29.0 Å². The van der Waals surface area contributed by atoms with E-state index in [1.165, 1.54) is 18.2 Å². The summed E-state index contributed by atoms with van der Waals surface area (Å²) in [6, 6.07) is 20.8. The van der Waals surface area contributed by atoms with Gasteiger partial charge in [0, 0.05) is 5.69 Å². The monoisotopic (exact) mass is 432 g/mol. The van der Waals surface area contributed by atoms with Gasteiger partial charge in [0.05, 0.1) is 17.7 Å². The van der Waals surface area contributed by atoms with E-state index in [0.29, 0.717) is 23.7 Å². The number of hydrogen-bond donors (Lipinski definition) is 3. The van der Waals surface area contributed by atoms with Gasteiger partial charge in [0.1, 0.15) is 18.1 Å². The zero-order valence-electron chi connectivity index (χ0n) is 16.9. The molecule has 32 heavy (non-hydrogen) atoms. The van der Waals surface area contributed by atoms with Crippen LogP contribution >= 0.6 is 0 Å². The van der Waals surface area contributed by atoms with Crippen molar-refractivity contribution in [1.29, 1.82) is 0 Å². The normalized spacial score (nSPS) is 14.5. The quantitative estimate of drug-likeness (QED) is 0.525. The van der Waals surface area contributed by atoms with Gasteiger partial charge in [0.2, 0.25) is 5.91 Å². The van der Waals surface area contributed by atoms with Crippen LogP contribution in [0.2, 0.25) is 0 Å². The maximum absolute atomic E-state index is 12.4. The number of carboxylic acids is 1. The fourth-order valence-electron chi connectivity index (χ4n) is 3.17. The lowest BCUT2D eigenvalue weighted by Crippen LogP contribution is -2.39. The average Bonchev–Trinajstić information content (AvgIpc) is 2.79. The molecule has 0 aromatic heterocycles. The van der Waals surface area contributed by atoms with Crippen LogP contribution in [0, 0.1) is 0 Å². The van der Waals surface area contributed by atoms with Gasteiger partial charge >= 0.3 is 5.97 Å². The van der Waals surface area contributed by atoms with Gasteiger partial charge < -0.3 is 25.2 Å². The first-order valence-electron chi connectivity index (χ1n) is 9.89. The van der Waals surface area contributed by atoms with E-state index in [2.05, 4.69) is 10.6 Å². The molecule has 0 saturated carbocycles. The predicted octanol–water partition coefficient (Wildman–Crippen LogP) is 3.69. The lowest BCUT2D eigenvalue weighted by atomic mass is 10.1. The highest BCUT2D eigenvalue weighted by molar-refractivity contribution is 6.02. The lowest BCUT2D eigenvalue weighted by molar-refractivity contribution is -0.128. The van der Waals surface area contributed by atoms with Crippen molar-refractivity contribution in [2.75, 3.05) is 10.6 Å². The van der Waals surface area contributed by atoms with E-state index in [-0.39, 0.29) is 17.7 Å². The summed E-state index contributed by atoms with van der Waals surface area (Å²) < 4.78 is 11.3. The molecule has 3 aromatic rings. The molecule has 0 spiro atoms. The number of amides is 2. The fraction of sp³-hybridized carbons (Fsp3) is 0.125. The molecule has 8 heteroatoms. The van der Waals surface area contributed by atoms with Crippen molar-refractivity contribution in [3.63, 3.8) is 0 Å². The van der Waals surface area contributed by atoms with Crippen LogP contribution in [0.5, 0.6) is 11.5 Å². The van der Waals surface area contributed by atoms with Crippen LogP contribution < -0.4 is 20.1 Å². The zero-order chi connectivity index (χ0) is 22.5. The second-order valence-electron chi connectivity index (χ2n) is 7.16. The molecule has 1 aliphatic rings. The van der Waals surface area contributed by atoms with E-state index in [1.54, 1.807) is 24.3 Å².